The van der Waals surface area contributed by atoms with E-state index in [1.165, 1.54) is 5.57 Å². The minimum Gasteiger partial charge on any atom is -0.501 e. The van der Waals surface area contributed by atoms with Crippen LogP contribution in [-0.2, 0) is 4.74 Å². The van der Waals surface area contributed by atoms with Gasteiger partial charge in [0.25, 0.3) is 0 Å². The molecule has 1 heterocycles. The topological polar surface area (TPSA) is 35.2 Å². The van der Waals surface area contributed by atoms with Crippen molar-refractivity contribution >= 4 is 0 Å². The molecule has 0 amide bonds. The predicted octanol–water partition coefficient (Wildman–Crippen LogP) is 2.38. The van der Waals surface area contributed by atoms with Crippen LogP contribution >= 0.6 is 0 Å². The number of hydrogen-bond acceptors (Lipinski definition) is 2. The van der Waals surface area contributed by atoms with E-state index in [9.17, 15) is 0 Å². The second-order valence-electron chi connectivity index (χ2n) is 3.56. The van der Waals surface area contributed by atoms with Crippen molar-refractivity contribution in [3.8, 4) is 0 Å². The van der Waals surface area contributed by atoms with E-state index in [1.807, 2.05) is 24.5 Å². The van der Waals surface area contributed by atoms with Crippen LogP contribution in [0.1, 0.15) is 24.4 Å². The second-order valence-corrected chi connectivity index (χ2v) is 3.56. The molecule has 0 saturated heterocycles. The maximum absolute atomic E-state index is 6.12. The van der Waals surface area contributed by atoms with Crippen molar-refractivity contribution in [2.45, 2.75) is 18.9 Å². The van der Waals surface area contributed by atoms with Crippen LogP contribution < -0.4 is 5.73 Å². The molecule has 2 N–H and O–H groups in total. The Kier molecular flexibility index (Phi) is 2.84. The number of hydrogen-bond donors (Lipinski definition) is 1. The minimum absolute atomic E-state index is 0.00324. The smallest absolute Gasteiger partial charge is 0.0876 e. The quantitative estimate of drug-likeness (QED) is 0.775. The maximum atomic E-state index is 6.12. The van der Waals surface area contributed by atoms with E-state index in [4.69, 9.17) is 10.5 Å². The fraction of sp³-hybridized carbons (Fsp3) is 0.333. The van der Waals surface area contributed by atoms with Gasteiger partial charge in [-0.2, -0.15) is 0 Å². The molecule has 1 unspecified atom stereocenters. The van der Waals surface area contributed by atoms with E-state index < -0.39 is 0 Å². The highest BCUT2D eigenvalue weighted by Gasteiger charge is 2.14. The lowest BCUT2D eigenvalue weighted by molar-refractivity contribution is 0.221. The third-order valence-corrected chi connectivity index (χ3v) is 2.52. The average Bonchev–Trinajstić information content (AvgIpc) is 2.30. The summed E-state index contributed by atoms with van der Waals surface area (Å²) in [5.41, 5.74) is 8.47. The number of nitrogens with two attached hydrogens (primary N) is 1. The molecular formula is C12H15NO. The van der Waals surface area contributed by atoms with Gasteiger partial charge in [0, 0.05) is 0 Å². The Balaban J connectivity index is 2.15. The van der Waals surface area contributed by atoms with Crippen molar-refractivity contribution < 1.29 is 4.74 Å². The number of benzene rings is 1. The van der Waals surface area contributed by atoms with E-state index in [1.54, 1.807) is 0 Å². The maximum Gasteiger partial charge on any atom is 0.0876 e. The van der Waals surface area contributed by atoms with Gasteiger partial charge < -0.3 is 10.5 Å². The molecule has 0 spiro atoms. The Hall–Kier alpha value is -1.28. The van der Waals surface area contributed by atoms with Gasteiger partial charge in [0.2, 0.25) is 0 Å². The van der Waals surface area contributed by atoms with E-state index in [-0.39, 0.29) is 6.04 Å². The molecule has 0 radical (unpaired) electrons. The van der Waals surface area contributed by atoms with Gasteiger partial charge in [-0.05, 0) is 24.0 Å². The van der Waals surface area contributed by atoms with Gasteiger partial charge in [-0.25, -0.2) is 0 Å². The van der Waals surface area contributed by atoms with Crippen molar-refractivity contribution in [2.75, 3.05) is 6.61 Å². The Morgan fingerprint density at radius 3 is 2.64 bits per heavy atom. The Morgan fingerprint density at radius 1 is 1.21 bits per heavy atom. The second kappa shape index (κ2) is 4.29. The van der Waals surface area contributed by atoms with Crippen molar-refractivity contribution in [2.24, 2.45) is 5.73 Å². The SMILES string of the molecule is NC(C1=COCCC1)c1ccccc1. The lowest BCUT2D eigenvalue weighted by Gasteiger charge is -2.19. The van der Waals surface area contributed by atoms with Crippen molar-refractivity contribution in [1.29, 1.82) is 0 Å². The van der Waals surface area contributed by atoms with Crippen LogP contribution in [0.2, 0.25) is 0 Å². The summed E-state index contributed by atoms with van der Waals surface area (Å²) >= 11 is 0. The zero-order valence-electron chi connectivity index (χ0n) is 8.15. The molecule has 0 aromatic heterocycles. The first-order chi connectivity index (χ1) is 6.88. The summed E-state index contributed by atoms with van der Waals surface area (Å²) in [5, 5.41) is 0. The summed E-state index contributed by atoms with van der Waals surface area (Å²) in [5.74, 6) is 0. The molecule has 2 rings (SSSR count). The van der Waals surface area contributed by atoms with Crippen LogP contribution in [0.3, 0.4) is 0 Å². The lowest BCUT2D eigenvalue weighted by Crippen LogP contribution is -2.16. The van der Waals surface area contributed by atoms with Crippen molar-refractivity contribution in [3.05, 3.63) is 47.7 Å². The highest BCUT2D eigenvalue weighted by molar-refractivity contribution is 5.27. The molecular weight excluding hydrogens is 174 g/mol. The van der Waals surface area contributed by atoms with Gasteiger partial charge in [-0.15, -0.1) is 0 Å². The summed E-state index contributed by atoms with van der Waals surface area (Å²) in [6, 6.07) is 10.1. The Labute approximate surface area is 84.4 Å². The highest BCUT2D eigenvalue weighted by Crippen LogP contribution is 2.24. The van der Waals surface area contributed by atoms with Gasteiger partial charge >= 0.3 is 0 Å². The minimum atomic E-state index is -0.00324. The first-order valence-corrected chi connectivity index (χ1v) is 4.99. The van der Waals surface area contributed by atoms with Crippen LogP contribution in [0.5, 0.6) is 0 Å². The fourth-order valence-electron chi connectivity index (χ4n) is 1.69. The van der Waals surface area contributed by atoms with Gasteiger partial charge in [-0.1, -0.05) is 30.3 Å². The largest absolute Gasteiger partial charge is 0.501 e. The summed E-state index contributed by atoms with van der Waals surface area (Å²) in [6.45, 7) is 0.824. The van der Waals surface area contributed by atoms with Crippen LogP contribution in [0.4, 0.5) is 0 Å². The van der Waals surface area contributed by atoms with Crippen LogP contribution in [-0.4, -0.2) is 6.61 Å². The zero-order chi connectivity index (χ0) is 9.80. The molecule has 0 bridgehead atoms. The van der Waals surface area contributed by atoms with Crippen LogP contribution in [0.15, 0.2) is 42.2 Å². The summed E-state index contributed by atoms with van der Waals surface area (Å²) in [4.78, 5) is 0. The summed E-state index contributed by atoms with van der Waals surface area (Å²) in [7, 11) is 0. The number of rotatable bonds is 2. The van der Waals surface area contributed by atoms with Crippen LogP contribution in [0.25, 0.3) is 0 Å². The van der Waals surface area contributed by atoms with Crippen molar-refractivity contribution in [1.82, 2.24) is 0 Å². The summed E-state index contributed by atoms with van der Waals surface area (Å²) in [6.07, 6.45) is 3.95. The van der Waals surface area contributed by atoms with Crippen molar-refractivity contribution in [3.63, 3.8) is 0 Å². The molecule has 1 aliphatic rings. The third-order valence-electron chi connectivity index (χ3n) is 2.52. The monoisotopic (exact) mass is 189 g/mol. The number of ether oxygens (including phenoxy) is 1. The highest BCUT2D eigenvalue weighted by atomic mass is 16.5. The summed E-state index contributed by atoms with van der Waals surface area (Å²) < 4.78 is 5.28. The molecule has 0 saturated carbocycles. The Morgan fingerprint density at radius 2 is 2.00 bits per heavy atom. The van der Waals surface area contributed by atoms with Gasteiger partial charge in [0.15, 0.2) is 0 Å². The standard InChI is InChI=1S/C12H15NO/c13-12(10-5-2-1-3-6-10)11-7-4-8-14-9-11/h1-3,5-6,9,12H,4,7-8,13H2. The zero-order valence-corrected chi connectivity index (χ0v) is 8.15. The van der Waals surface area contributed by atoms with E-state index in [0.717, 1.165) is 25.0 Å². The molecule has 0 aliphatic carbocycles. The molecule has 1 aromatic rings. The van der Waals surface area contributed by atoms with E-state index in [2.05, 4.69) is 12.1 Å². The van der Waals surface area contributed by atoms with Gasteiger partial charge in [0.05, 0.1) is 18.9 Å². The Bertz CT molecular complexity index is 318. The van der Waals surface area contributed by atoms with Crippen LogP contribution in [0, 0.1) is 0 Å². The first kappa shape index (κ1) is 9.28. The predicted molar refractivity (Wildman–Crippen MR) is 56.6 cm³/mol. The molecule has 14 heavy (non-hydrogen) atoms. The first-order valence-electron chi connectivity index (χ1n) is 4.99. The van der Waals surface area contributed by atoms with Gasteiger partial charge in [-0.3, -0.25) is 0 Å². The lowest BCUT2D eigenvalue weighted by atomic mass is 9.96. The third kappa shape index (κ3) is 1.96. The molecule has 1 atom stereocenters. The average molecular weight is 189 g/mol. The molecule has 74 valence electrons. The molecule has 2 nitrogen and oxygen atoms in total. The molecule has 1 aromatic carbocycles. The normalized spacial score (nSPS) is 18.2. The molecule has 2 heteroatoms. The molecule has 0 fully saturated rings. The van der Waals surface area contributed by atoms with Gasteiger partial charge in [0.1, 0.15) is 0 Å². The molecule has 1 aliphatic heterocycles. The van der Waals surface area contributed by atoms with E-state index >= 15 is 0 Å². The van der Waals surface area contributed by atoms with E-state index in [0.29, 0.717) is 0 Å². The fourth-order valence-corrected chi connectivity index (χ4v) is 1.69.